The lowest BCUT2D eigenvalue weighted by Crippen LogP contribution is -2.37. The van der Waals surface area contributed by atoms with E-state index < -0.39 is 0 Å². The molecule has 104 valence electrons. The van der Waals surface area contributed by atoms with Crippen molar-refractivity contribution in [2.24, 2.45) is 0 Å². The van der Waals surface area contributed by atoms with Gasteiger partial charge in [-0.3, -0.25) is 0 Å². The summed E-state index contributed by atoms with van der Waals surface area (Å²) in [4.78, 5) is 0. The Hall–Kier alpha value is -1.06. The Balaban J connectivity index is 1.74. The van der Waals surface area contributed by atoms with E-state index in [9.17, 15) is 0 Å². The molecule has 3 nitrogen and oxygen atoms in total. The van der Waals surface area contributed by atoms with Crippen molar-refractivity contribution in [1.82, 2.24) is 5.32 Å². The zero-order valence-electron chi connectivity index (χ0n) is 11.8. The molecule has 0 aromatic heterocycles. The van der Waals surface area contributed by atoms with E-state index in [0.29, 0.717) is 18.2 Å². The van der Waals surface area contributed by atoms with Crippen LogP contribution in [0.25, 0.3) is 0 Å². The van der Waals surface area contributed by atoms with Crippen molar-refractivity contribution in [2.45, 2.75) is 51.3 Å². The molecular weight excluding hydrogens is 238 g/mol. The fraction of sp³-hybridized carbons (Fsp3) is 0.625. The van der Waals surface area contributed by atoms with Crippen molar-refractivity contribution in [3.05, 3.63) is 29.3 Å². The quantitative estimate of drug-likeness (QED) is 0.904. The van der Waals surface area contributed by atoms with Gasteiger partial charge in [-0.25, -0.2) is 0 Å². The summed E-state index contributed by atoms with van der Waals surface area (Å²) in [5.74, 6) is 1.07. The fourth-order valence-electron chi connectivity index (χ4n) is 3.08. The maximum Gasteiger partial charge on any atom is 0.122 e. The Bertz CT molecular complexity index is 446. The molecular formula is C16H23NO2. The first kappa shape index (κ1) is 12.9. The predicted molar refractivity (Wildman–Crippen MR) is 75.6 cm³/mol. The maximum atomic E-state index is 5.64. The normalized spacial score (nSPS) is 27.1. The molecule has 1 aromatic carbocycles. The lowest BCUT2D eigenvalue weighted by Gasteiger charge is -2.24. The minimum Gasteiger partial charge on any atom is -0.493 e. The van der Waals surface area contributed by atoms with Gasteiger partial charge in [-0.2, -0.15) is 0 Å². The van der Waals surface area contributed by atoms with E-state index >= 15 is 0 Å². The zero-order chi connectivity index (χ0) is 13.2. The summed E-state index contributed by atoms with van der Waals surface area (Å²) < 4.78 is 11.2. The first-order valence-electron chi connectivity index (χ1n) is 7.41. The third-order valence-electron chi connectivity index (χ3n) is 4.32. The van der Waals surface area contributed by atoms with Crippen LogP contribution in [0.5, 0.6) is 5.75 Å². The average Bonchev–Trinajstić information content (AvgIpc) is 3.04. The van der Waals surface area contributed by atoms with Gasteiger partial charge in [0.05, 0.1) is 12.7 Å². The van der Waals surface area contributed by atoms with Gasteiger partial charge < -0.3 is 14.8 Å². The lowest BCUT2D eigenvalue weighted by atomic mass is 9.99. The SMILES string of the molecule is CCC(NC1CCOC1C)c1ccc2c(c1)CCO2. The second kappa shape index (κ2) is 5.51. The van der Waals surface area contributed by atoms with Crippen molar-refractivity contribution in [2.75, 3.05) is 13.2 Å². The largest absolute Gasteiger partial charge is 0.493 e. The first-order chi connectivity index (χ1) is 9.28. The number of hydrogen-bond acceptors (Lipinski definition) is 3. The maximum absolute atomic E-state index is 5.64. The molecule has 2 aliphatic heterocycles. The highest BCUT2D eigenvalue weighted by atomic mass is 16.5. The number of hydrogen-bond donors (Lipinski definition) is 1. The summed E-state index contributed by atoms with van der Waals surface area (Å²) in [6, 6.07) is 7.53. The molecule has 0 spiro atoms. The molecule has 2 heterocycles. The minimum absolute atomic E-state index is 0.326. The van der Waals surface area contributed by atoms with Crippen molar-refractivity contribution in [3.8, 4) is 5.75 Å². The topological polar surface area (TPSA) is 30.5 Å². The van der Waals surface area contributed by atoms with Gasteiger partial charge in [0.25, 0.3) is 0 Å². The highest BCUT2D eigenvalue weighted by Crippen LogP contribution is 2.30. The van der Waals surface area contributed by atoms with E-state index in [1.807, 2.05) is 0 Å². The second-order valence-corrected chi connectivity index (χ2v) is 5.56. The smallest absolute Gasteiger partial charge is 0.122 e. The monoisotopic (exact) mass is 261 g/mol. The fourth-order valence-corrected chi connectivity index (χ4v) is 3.08. The summed E-state index contributed by atoms with van der Waals surface area (Å²) in [7, 11) is 0. The lowest BCUT2D eigenvalue weighted by molar-refractivity contribution is 0.110. The van der Waals surface area contributed by atoms with Crippen LogP contribution < -0.4 is 10.1 Å². The van der Waals surface area contributed by atoms with E-state index in [4.69, 9.17) is 9.47 Å². The summed E-state index contributed by atoms with van der Waals surface area (Å²) in [6.07, 6.45) is 3.59. The molecule has 19 heavy (non-hydrogen) atoms. The number of benzene rings is 1. The molecule has 0 saturated carbocycles. The van der Waals surface area contributed by atoms with Crippen LogP contribution in [0.4, 0.5) is 0 Å². The third-order valence-corrected chi connectivity index (χ3v) is 4.32. The van der Waals surface area contributed by atoms with Crippen LogP contribution >= 0.6 is 0 Å². The third kappa shape index (κ3) is 2.63. The number of nitrogens with one attached hydrogen (secondary N) is 1. The molecule has 0 amide bonds. The van der Waals surface area contributed by atoms with Crippen LogP contribution in [0.1, 0.15) is 43.9 Å². The molecule has 1 fully saturated rings. The number of fused-ring (bicyclic) bond motifs is 1. The Morgan fingerprint density at radius 1 is 1.37 bits per heavy atom. The van der Waals surface area contributed by atoms with E-state index in [0.717, 1.165) is 38.2 Å². The van der Waals surface area contributed by atoms with Gasteiger partial charge in [0, 0.05) is 25.1 Å². The van der Waals surface area contributed by atoms with E-state index in [2.05, 4.69) is 37.4 Å². The van der Waals surface area contributed by atoms with Crippen molar-refractivity contribution < 1.29 is 9.47 Å². The van der Waals surface area contributed by atoms with Crippen LogP contribution in [0.2, 0.25) is 0 Å². The molecule has 3 heteroatoms. The Kier molecular flexibility index (Phi) is 3.76. The van der Waals surface area contributed by atoms with Gasteiger partial charge in [-0.05, 0) is 37.0 Å². The Morgan fingerprint density at radius 2 is 2.26 bits per heavy atom. The number of rotatable bonds is 4. The second-order valence-electron chi connectivity index (χ2n) is 5.56. The average molecular weight is 261 g/mol. The predicted octanol–water partition coefficient (Wildman–Crippen LogP) is 2.84. The minimum atomic E-state index is 0.326. The van der Waals surface area contributed by atoms with Gasteiger partial charge in [0.15, 0.2) is 0 Å². The molecule has 1 saturated heterocycles. The van der Waals surface area contributed by atoms with Crippen LogP contribution in [0, 0.1) is 0 Å². The molecule has 1 N–H and O–H groups in total. The summed E-state index contributed by atoms with van der Waals surface area (Å²) >= 11 is 0. The van der Waals surface area contributed by atoms with Gasteiger partial charge in [-0.15, -0.1) is 0 Å². The van der Waals surface area contributed by atoms with Crippen molar-refractivity contribution >= 4 is 0 Å². The van der Waals surface area contributed by atoms with Gasteiger partial charge in [-0.1, -0.05) is 19.1 Å². The summed E-state index contributed by atoms with van der Waals surface area (Å²) in [6.45, 7) is 6.11. The molecule has 0 aliphatic carbocycles. The van der Waals surface area contributed by atoms with Gasteiger partial charge in [0.2, 0.25) is 0 Å². The molecule has 3 rings (SSSR count). The van der Waals surface area contributed by atoms with Crippen LogP contribution in [0.3, 0.4) is 0 Å². The molecule has 3 unspecified atom stereocenters. The number of ether oxygens (including phenoxy) is 2. The summed E-state index contributed by atoms with van der Waals surface area (Å²) in [5.41, 5.74) is 2.74. The standard InChI is InChI=1S/C16H23NO2/c1-3-14(17-15-7-9-18-11(15)2)12-4-5-16-13(10-12)6-8-19-16/h4-5,10-11,14-15,17H,3,6-9H2,1-2H3. The molecule has 3 atom stereocenters. The van der Waals surface area contributed by atoms with Crippen LogP contribution in [-0.2, 0) is 11.2 Å². The molecule has 0 bridgehead atoms. The molecule has 1 aromatic rings. The van der Waals surface area contributed by atoms with Gasteiger partial charge >= 0.3 is 0 Å². The first-order valence-corrected chi connectivity index (χ1v) is 7.41. The van der Waals surface area contributed by atoms with Crippen molar-refractivity contribution in [3.63, 3.8) is 0 Å². The highest BCUT2D eigenvalue weighted by molar-refractivity contribution is 5.40. The van der Waals surface area contributed by atoms with Crippen LogP contribution in [0.15, 0.2) is 18.2 Å². The molecule has 0 radical (unpaired) electrons. The molecule has 2 aliphatic rings. The summed E-state index contributed by atoms with van der Waals surface area (Å²) in [5, 5.41) is 3.76. The van der Waals surface area contributed by atoms with E-state index in [-0.39, 0.29) is 0 Å². The zero-order valence-corrected chi connectivity index (χ0v) is 11.8. The Labute approximate surface area is 115 Å². The van der Waals surface area contributed by atoms with Crippen molar-refractivity contribution in [1.29, 1.82) is 0 Å². The van der Waals surface area contributed by atoms with E-state index in [1.165, 1.54) is 11.1 Å². The van der Waals surface area contributed by atoms with E-state index in [1.54, 1.807) is 0 Å². The highest BCUT2D eigenvalue weighted by Gasteiger charge is 2.26. The Morgan fingerprint density at radius 3 is 3.00 bits per heavy atom. The van der Waals surface area contributed by atoms with Gasteiger partial charge in [0.1, 0.15) is 5.75 Å². The van der Waals surface area contributed by atoms with Crippen LogP contribution in [-0.4, -0.2) is 25.4 Å².